The number of aliphatic hydroxyl groups is 1. The van der Waals surface area contributed by atoms with Crippen LogP contribution in [-0.4, -0.2) is 37.2 Å². The minimum absolute atomic E-state index is 0.247. The molecule has 0 aliphatic rings. The van der Waals surface area contributed by atoms with Crippen molar-refractivity contribution in [2.75, 3.05) is 17.6 Å². The highest BCUT2D eigenvalue weighted by Crippen LogP contribution is 2.36. The number of aromatic nitrogens is 4. The number of nitrogens with zero attached hydrogens (tertiary/aromatic N) is 4. The molecule has 4 N–H and O–H groups in total. The third-order valence-corrected chi connectivity index (χ3v) is 6.06. The molecule has 29 heavy (non-hydrogen) atoms. The number of nitrogen functional groups attached to an aromatic ring is 1. The molecule has 8 heteroatoms. The molecule has 0 amide bonds. The molecule has 3 aromatic heterocycles. The van der Waals surface area contributed by atoms with Gasteiger partial charge in [0.2, 0.25) is 5.95 Å². The molecule has 1 atom stereocenters. The Bertz CT molecular complexity index is 995. The quantitative estimate of drug-likeness (QED) is 0.503. The fraction of sp³-hybridized carbons (Fsp3) is 0.524. The van der Waals surface area contributed by atoms with E-state index in [1.54, 1.807) is 17.5 Å². The molecule has 0 aromatic carbocycles. The van der Waals surface area contributed by atoms with Gasteiger partial charge in [-0.15, -0.1) is 11.3 Å². The first-order valence-corrected chi connectivity index (χ1v) is 10.8. The van der Waals surface area contributed by atoms with Gasteiger partial charge in [0.1, 0.15) is 16.3 Å². The highest BCUT2D eigenvalue weighted by Gasteiger charge is 2.21. The lowest BCUT2D eigenvalue weighted by Gasteiger charge is -2.24. The normalized spacial score (nSPS) is 13.0. The highest BCUT2D eigenvalue weighted by atomic mass is 32.1. The second-order valence-corrected chi connectivity index (χ2v) is 9.19. The number of rotatable bonds is 8. The van der Waals surface area contributed by atoms with E-state index in [4.69, 9.17) is 10.7 Å². The minimum atomic E-state index is -0.658. The minimum Gasteiger partial charge on any atom is -0.390 e. The van der Waals surface area contributed by atoms with Gasteiger partial charge in [-0.1, -0.05) is 13.3 Å². The Morgan fingerprint density at radius 3 is 2.62 bits per heavy atom. The van der Waals surface area contributed by atoms with E-state index in [1.165, 1.54) is 0 Å². The Kier molecular flexibility index (Phi) is 6.33. The standard InChI is InChI=1S/C21H30N6OS/c1-6-14(11-21(4,5)28)7-9-24-18-16(12(2)25-20(22)27-18)19-26-17-13(3)23-10-8-15(17)29-19/h8,10,14,28H,6-7,9,11H2,1-5H3,(H3,22,24,25,27)/t14-/m0/s1. The van der Waals surface area contributed by atoms with Crippen LogP contribution in [0.3, 0.4) is 0 Å². The third kappa shape index (κ3) is 5.19. The molecule has 156 valence electrons. The molecular formula is C21H30N6OS. The molecule has 0 spiro atoms. The summed E-state index contributed by atoms with van der Waals surface area (Å²) < 4.78 is 1.09. The predicted molar refractivity (Wildman–Crippen MR) is 120 cm³/mol. The van der Waals surface area contributed by atoms with Crippen LogP contribution in [0.5, 0.6) is 0 Å². The van der Waals surface area contributed by atoms with Gasteiger partial charge in [-0.3, -0.25) is 4.98 Å². The van der Waals surface area contributed by atoms with Gasteiger partial charge in [-0.2, -0.15) is 4.98 Å². The molecule has 0 aliphatic carbocycles. The highest BCUT2D eigenvalue weighted by molar-refractivity contribution is 7.21. The Balaban J connectivity index is 1.86. The van der Waals surface area contributed by atoms with Crippen LogP contribution in [0.2, 0.25) is 0 Å². The Morgan fingerprint density at radius 1 is 1.21 bits per heavy atom. The van der Waals surface area contributed by atoms with Crippen molar-refractivity contribution in [3.63, 3.8) is 0 Å². The summed E-state index contributed by atoms with van der Waals surface area (Å²) in [7, 11) is 0. The maximum atomic E-state index is 10.1. The lowest BCUT2D eigenvalue weighted by Crippen LogP contribution is -2.24. The third-order valence-electron chi connectivity index (χ3n) is 5.02. The van der Waals surface area contributed by atoms with E-state index in [0.29, 0.717) is 11.7 Å². The zero-order valence-electron chi connectivity index (χ0n) is 17.8. The second kappa shape index (κ2) is 8.59. The Hall–Kier alpha value is -2.32. The number of aryl methyl sites for hydroxylation is 2. The zero-order chi connectivity index (χ0) is 21.2. The van der Waals surface area contributed by atoms with Gasteiger partial charge < -0.3 is 16.2 Å². The summed E-state index contributed by atoms with van der Waals surface area (Å²) in [5, 5.41) is 14.4. The molecular weight excluding hydrogens is 384 g/mol. The fourth-order valence-electron chi connectivity index (χ4n) is 3.62. The van der Waals surface area contributed by atoms with Crippen LogP contribution in [0.1, 0.15) is 51.4 Å². The van der Waals surface area contributed by atoms with E-state index in [2.05, 4.69) is 27.2 Å². The molecule has 0 radical (unpaired) electrons. The molecule has 0 saturated carbocycles. The monoisotopic (exact) mass is 414 g/mol. The molecule has 0 aliphatic heterocycles. The molecule has 3 rings (SSSR count). The number of fused-ring (bicyclic) bond motifs is 1. The first-order valence-electron chi connectivity index (χ1n) is 10.0. The first-order chi connectivity index (χ1) is 13.7. The lowest BCUT2D eigenvalue weighted by atomic mass is 9.89. The van der Waals surface area contributed by atoms with Crippen molar-refractivity contribution >= 4 is 33.3 Å². The van der Waals surface area contributed by atoms with Crippen molar-refractivity contribution in [1.82, 2.24) is 19.9 Å². The summed E-state index contributed by atoms with van der Waals surface area (Å²) in [6.07, 6.45) is 4.53. The van der Waals surface area contributed by atoms with E-state index < -0.39 is 5.60 Å². The SMILES string of the molecule is CC[C@@H](CCNc1nc(N)nc(C)c1-c1nc2c(C)nccc2s1)CC(C)(C)O. The van der Waals surface area contributed by atoms with Crippen LogP contribution < -0.4 is 11.1 Å². The number of pyridine rings is 1. The fourth-order valence-corrected chi connectivity index (χ4v) is 4.73. The van der Waals surface area contributed by atoms with Crippen molar-refractivity contribution < 1.29 is 5.11 Å². The largest absolute Gasteiger partial charge is 0.390 e. The summed E-state index contributed by atoms with van der Waals surface area (Å²) in [6, 6.07) is 1.98. The maximum Gasteiger partial charge on any atom is 0.222 e. The predicted octanol–water partition coefficient (Wildman–Crippen LogP) is 4.34. The van der Waals surface area contributed by atoms with Crippen molar-refractivity contribution in [2.45, 2.75) is 59.5 Å². The molecule has 7 nitrogen and oxygen atoms in total. The number of hydrogen-bond acceptors (Lipinski definition) is 8. The number of hydrogen-bond donors (Lipinski definition) is 3. The molecule has 0 saturated heterocycles. The van der Waals surface area contributed by atoms with Crippen molar-refractivity contribution in [2.24, 2.45) is 5.92 Å². The van der Waals surface area contributed by atoms with Crippen LogP contribution in [0.25, 0.3) is 20.8 Å². The van der Waals surface area contributed by atoms with Crippen molar-refractivity contribution in [3.8, 4) is 10.6 Å². The van der Waals surface area contributed by atoms with Gasteiger partial charge in [0, 0.05) is 12.7 Å². The van der Waals surface area contributed by atoms with Crippen LogP contribution in [-0.2, 0) is 0 Å². The van der Waals surface area contributed by atoms with E-state index in [9.17, 15) is 5.11 Å². The molecule has 3 heterocycles. The number of anilines is 2. The van der Waals surface area contributed by atoms with Crippen molar-refractivity contribution in [3.05, 3.63) is 23.7 Å². The maximum absolute atomic E-state index is 10.1. The summed E-state index contributed by atoms with van der Waals surface area (Å²) in [6.45, 7) is 10.5. The van der Waals surface area contributed by atoms with E-state index in [1.807, 2.05) is 33.8 Å². The van der Waals surface area contributed by atoms with E-state index in [-0.39, 0.29) is 5.95 Å². The van der Waals surface area contributed by atoms with Crippen LogP contribution >= 0.6 is 11.3 Å². The van der Waals surface area contributed by atoms with Gasteiger partial charge in [-0.25, -0.2) is 9.97 Å². The van der Waals surface area contributed by atoms with Gasteiger partial charge in [-0.05, 0) is 52.5 Å². The van der Waals surface area contributed by atoms with Crippen LogP contribution in [0.15, 0.2) is 12.3 Å². The lowest BCUT2D eigenvalue weighted by molar-refractivity contribution is 0.0509. The summed E-state index contributed by atoms with van der Waals surface area (Å²) in [5.74, 6) is 1.39. The smallest absolute Gasteiger partial charge is 0.222 e. The van der Waals surface area contributed by atoms with Gasteiger partial charge in [0.15, 0.2) is 0 Å². The molecule has 0 bridgehead atoms. The van der Waals surface area contributed by atoms with Crippen LogP contribution in [0.4, 0.5) is 11.8 Å². The Labute approximate surface area is 175 Å². The topological polar surface area (TPSA) is 110 Å². The van der Waals surface area contributed by atoms with Gasteiger partial charge >= 0.3 is 0 Å². The van der Waals surface area contributed by atoms with Gasteiger partial charge in [0.25, 0.3) is 0 Å². The molecule has 0 unspecified atom stereocenters. The van der Waals surface area contributed by atoms with E-state index >= 15 is 0 Å². The summed E-state index contributed by atoms with van der Waals surface area (Å²) in [5.41, 5.74) is 8.77. The summed E-state index contributed by atoms with van der Waals surface area (Å²) in [4.78, 5) is 18.0. The zero-order valence-corrected chi connectivity index (χ0v) is 18.6. The Morgan fingerprint density at radius 2 is 1.97 bits per heavy atom. The number of nitrogens with one attached hydrogen (secondary N) is 1. The van der Waals surface area contributed by atoms with Gasteiger partial charge in [0.05, 0.1) is 27.3 Å². The average Bonchev–Trinajstić information content (AvgIpc) is 3.04. The number of thiazole rings is 1. The second-order valence-electron chi connectivity index (χ2n) is 8.16. The van der Waals surface area contributed by atoms with Crippen molar-refractivity contribution in [1.29, 1.82) is 0 Å². The summed E-state index contributed by atoms with van der Waals surface area (Å²) >= 11 is 1.61. The molecule has 0 fully saturated rings. The van der Waals surface area contributed by atoms with Crippen LogP contribution in [0, 0.1) is 19.8 Å². The number of nitrogens with two attached hydrogens (primary N) is 1. The van der Waals surface area contributed by atoms with E-state index in [0.717, 1.165) is 58.0 Å². The first kappa shape index (κ1) is 21.4. The molecule has 3 aromatic rings. The average molecular weight is 415 g/mol.